The normalized spacial score (nSPS) is 19.7. The zero-order valence-electron chi connectivity index (χ0n) is 40.2. The van der Waals surface area contributed by atoms with Gasteiger partial charge in [-0.2, -0.15) is 0 Å². The van der Waals surface area contributed by atoms with Crippen molar-refractivity contribution in [1.29, 1.82) is 0 Å². The summed E-state index contributed by atoms with van der Waals surface area (Å²) >= 11 is 0. The van der Waals surface area contributed by atoms with Crippen molar-refractivity contribution in [3.05, 3.63) is 148 Å². The number of hydrogen-bond donors (Lipinski definition) is 3. The van der Waals surface area contributed by atoms with E-state index >= 15 is 4.39 Å². The molecule has 2 aromatic heterocycles. The molecule has 71 heavy (non-hydrogen) atoms. The summed E-state index contributed by atoms with van der Waals surface area (Å²) in [5, 5.41) is 15.7. The summed E-state index contributed by atoms with van der Waals surface area (Å²) in [4.78, 5) is 40.2. The van der Waals surface area contributed by atoms with E-state index in [1.54, 1.807) is 30.5 Å². The van der Waals surface area contributed by atoms with Crippen LogP contribution in [0, 0.1) is 15.5 Å². The van der Waals surface area contributed by atoms with Gasteiger partial charge >= 0.3 is 0 Å². The van der Waals surface area contributed by atoms with Crippen LogP contribution in [-0.2, 0) is 21.3 Å². The number of piperazine rings is 1. The number of piperidine rings is 1. The van der Waals surface area contributed by atoms with Crippen LogP contribution in [0.25, 0.3) is 11.0 Å². The molecular weight excluding hydrogens is 924 g/mol. The average molecular weight is 985 g/mol. The molecule has 3 N–H and O–H groups in total. The first-order chi connectivity index (χ1) is 34.2. The lowest BCUT2D eigenvalue weighted by Gasteiger charge is -2.58. The highest BCUT2D eigenvalue weighted by atomic mass is 32.2. The Morgan fingerprint density at radius 3 is 2.46 bits per heavy atom. The van der Waals surface area contributed by atoms with Crippen LogP contribution in [0.3, 0.4) is 0 Å². The number of aromatic nitrogens is 2. The van der Waals surface area contributed by atoms with E-state index in [1.165, 1.54) is 29.0 Å². The number of carbonyl (C=O) groups excluding carboxylic acids is 1. The molecule has 3 aliphatic heterocycles. The second-order valence-corrected chi connectivity index (χ2v) is 21.8. The van der Waals surface area contributed by atoms with Gasteiger partial charge in [0.25, 0.3) is 21.6 Å². The second-order valence-electron chi connectivity index (χ2n) is 20.2. The zero-order chi connectivity index (χ0) is 49.3. The van der Waals surface area contributed by atoms with Gasteiger partial charge < -0.3 is 24.7 Å². The summed E-state index contributed by atoms with van der Waals surface area (Å²) in [5.41, 5.74) is 3.61. The predicted octanol–water partition coefficient (Wildman–Crippen LogP) is 9.74. The van der Waals surface area contributed by atoms with E-state index in [2.05, 4.69) is 103 Å². The molecule has 0 bridgehead atoms. The number of H-pyrrole nitrogens is 1. The Morgan fingerprint density at radius 1 is 0.944 bits per heavy atom. The molecular formula is C54H61FN8O7S. The fraction of sp³-hybridized carbons (Fsp3) is 0.407. The number of carbonyl (C=O) groups is 1. The highest BCUT2D eigenvalue weighted by Crippen LogP contribution is 2.53. The third-order valence-electron chi connectivity index (χ3n) is 15.2. The lowest BCUT2D eigenvalue weighted by atomic mass is 9.59. The zero-order valence-corrected chi connectivity index (χ0v) is 41.0. The minimum atomic E-state index is -4.64. The number of nitrogens with zero attached hydrogens (tertiary/aromatic N) is 5. The highest BCUT2D eigenvalue weighted by Gasteiger charge is 2.50. The number of sulfonamides is 1. The van der Waals surface area contributed by atoms with Crippen molar-refractivity contribution in [2.24, 2.45) is 5.41 Å². The second kappa shape index (κ2) is 20.0. The maximum absolute atomic E-state index is 15.3. The molecule has 1 aliphatic carbocycles. The van der Waals surface area contributed by atoms with Gasteiger partial charge in [-0.05, 0) is 90.1 Å². The molecule has 15 nitrogen and oxygen atoms in total. The average Bonchev–Trinajstić information content (AvgIpc) is 3.84. The first-order valence-corrected chi connectivity index (χ1v) is 26.2. The summed E-state index contributed by atoms with van der Waals surface area (Å²) in [6, 6.07) is 32.5. The van der Waals surface area contributed by atoms with Crippen LogP contribution in [0.2, 0.25) is 0 Å². The Labute approximate surface area is 413 Å². The standard InChI is InChI=1S/C54H61FN8O7S/c1-37(2)44-10-6-7-11-45(44)49-35-60(34-38-8-4-3-5-9-38)24-25-62(49)41-31-53(32-41)17-22-61(23-18-53)40-12-14-46(50(29-40)70-42-28-39-16-21-56-51(39)57-33-42)52(64)59-71(67,68)43-13-15-47(48(30-43)63(65)66)58-36-54(55)19-26-69-27-20-54/h3-16,21,28-30,33,37,41,49,58H,17-20,22-27,31-32,34-36H2,1-2H3,(H,56,57)(H,59,64). The number of hydrogen-bond acceptors (Lipinski definition) is 12. The van der Waals surface area contributed by atoms with Crippen LogP contribution < -0.4 is 19.7 Å². The number of anilines is 2. The van der Waals surface area contributed by atoms with Gasteiger partial charge in [0.15, 0.2) is 0 Å². The molecule has 1 saturated carbocycles. The van der Waals surface area contributed by atoms with Gasteiger partial charge in [0.05, 0.1) is 21.6 Å². The van der Waals surface area contributed by atoms with Crippen molar-refractivity contribution < 1.29 is 32.0 Å². The van der Waals surface area contributed by atoms with E-state index in [-0.39, 0.29) is 55.0 Å². The van der Waals surface area contributed by atoms with Gasteiger partial charge in [0.2, 0.25) is 0 Å². The summed E-state index contributed by atoms with van der Waals surface area (Å²) in [6.45, 7) is 10.4. The van der Waals surface area contributed by atoms with Crippen LogP contribution in [0.5, 0.6) is 11.5 Å². The van der Waals surface area contributed by atoms with Crippen LogP contribution >= 0.6 is 0 Å². The molecule has 3 saturated heterocycles. The molecule has 4 aliphatic rings. The van der Waals surface area contributed by atoms with Crippen molar-refractivity contribution in [2.45, 2.75) is 87.5 Å². The van der Waals surface area contributed by atoms with E-state index in [1.807, 2.05) is 6.07 Å². The number of nitrogens with one attached hydrogen (secondary N) is 3. The number of nitro groups is 1. The molecule has 1 spiro atoms. The lowest BCUT2D eigenvalue weighted by molar-refractivity contribution is -0.384. The number of fused-ring (bicyclic) bond motifs is 1. The number of rotatable bonds is 15. The van der Waals surface area contributed by atoms with Gasteiger partial charge in [0.1, 0.15) is 28.5 Å². The number of nitro benzene ring substituents is 1. The summed E-state index contributed by atoms with van der Waals surface area (Å²) in [7, 11) is -4.64. The third kappa shape index (κ3) is 10.5. The fourth-order valence-electron chi connectivity index (χ4n) is 11.2. The number of benzene rings is 4. The maximum Gasteiger partial charge on any atom is 0.293 e. The Bertz CT molecular complexity index is 3000. The summed E-state index contributed by atoms with van der Waals surface area (Å²) < 4.78 is 56.6. The van der Waals surface area contributed by atoms with E-state index in [0.717, 1.165) is 88.2 Å². The molecule has 1 amide bonds. The fourth-order valence-corrected chi connectivity index (χ4v) is 12.2. The smallest absolute Gasteiger partial charge is 0.293 e. The number of halogens is 1. The minimum absolute atomic E-state index is 0.0473. The topological polar surface area (TPSA) is 175 Å². The Hall–Kier alpha value is -6.40. The van der Waals surface area contributed by atoms with Crippen LogP contribution in [0.1, 0.15) is 91.4 Å². The van der Waals surface area contributed by atoms with Crippen LogP contribution in [0.15, 0.2) is 120 Å². The first kappa shape index (κ1) is 48.2. The lowest BCUT2D eigenvalue weighted by Crippen LogP contribution is -2.60. The largest absolute Gasteiger partial charge is 0.455 e. The van der Waals surface area contributed by atoms with E-state index in [4.69, 9.17) is 9.47 Å². The Kier molecular flexibility index (Phi) is 13.6. The predicted molar refractivity (Wildman–Crippen MR) is 271 cm³/mol. The van der Waals surface area contributed by atoms with Crippen molar-refractivity contribution in [3.63, 3.8) is 0 Å². The quantitative estimate of drug-likeness (QED) is 0.0657. The van der Waals surface area contributed by atoms with E-state index in [9.17, 15) is 23.3 Å². The van der Waals surface area contributed by atoms with Crippen LogP contribution in [-0.4, -0.2) is 103 Å². The molecule has 10 rings (SSSR count). The molecule has 5 heterocycles. The molecule has 1 unspecified atom stereocenters. The number of amides is 1. The number of pyridine rings is 1. The number of aromatic amines is 1. The van der Waals surface area contributed by atoms with Gasteiger partial charge in [-0.3, -0.25) is 24.7 Å². The van der Waals surface area contributed by atoms with E-state index in [0.29, 0.717) is 29.4 Å². The molecule has 6 aromatic rings. The SMILES string of the molecule is CC(C)c1ccccc1C1CN(Cc2ccccc2)CCN1C1CC2(CCN(c3ccc(C(=O)NS(=O)(=O)c4ccc(NCC5(F)CCOCC5)c([N+](=O)[O-])c4)c(Oc4cnc5[nH]ccc5c4)c3)CC2)C1. The van der Waals surface area contributed by atoms with Crippen molar-refractivity contribution in [1.82, 2.24) is 24.5 Å². The maximum atomic E-state index is 15.3. The number of alkyl halides is 1. The Morgan fingerprint density at radius 2 is 1.70 bits per heavy atom. The molecule has 4 fully saturated rings. The molecule has 0 radical (unpaired) electrons. The minimum Gasteiger partial charge on any atom is -0.455 e. The van der Waals surface area contributed by atoms with Gasteiger partial charge in [-0.15, -0.1) is 0 Å². The van der Waals surface area contributed by atoms with E-state index < -0.39 is 37.1 Å². The Balaban J connectivity index is 0.841. The summed E-state index contributed by atoms with van der Waals surface area (Å²) in [5.74, 6) is -0.0994. The molecule has 1 atom stereocenters. The van der Waals surface area contributed by atoms with Crippen LogP contribution in [0.4, 0.5) is 21.5 Å². The monoisotopic (exact) mass is 984 g/mol. The molecule has 4 aromatic carbocycles. The van der Waals surface area contributed by atoms with Crippen molar-refractivity contribution in [2.75, 3.05) is 62.7 Å². The van der Waals surface area contributed by atoms with Crippen molar-refractivity contribution in [3.8, 4) is 11.5 Å². The van der Waals surface area contributed by atoms with Gasteiger partial charge in [-0.1, -0.05) is 68.4 Å². The summed E-state index contributed by atoms with van der Waals surface area (Å²) in [6.07, 6.45) is 7.85. The van der Waals surface area contributed by atoms with Gasteiger partial charge in [0, 0.05) is 113 Å². The van der Waals surface area contributed by atoms with Gasteiger partial charge in [-0.25, -0.2) is 22.5 Å². The molecule has 17 heteroatoms. The highest BCUT2D eigenvalue weighted by molar-refractivity contribution is 7.90. The van der Waals surface area contributed by atoms with Crippen molar-refractivity contribution >= 4 is 44.0 Å². The first-order valence-electron chi connectivity index (χ1n) is 24.7. The number of ether oxygens (including phenoxy) is 2. The third-order valence-corrected chi connectivity index (χ3v) is 16.6. The molecule has 372 valence electrons.